The Hall–Kier alpha value is -3.42. The molecule has 128 valence electrons. The van der Waals surface area contributed by atoms with Gasteiger partial charge in [0, 0.05) is 24.0 Å². The maximum Gasteiger partial charge on any atom is 0.276 e. The van der Waals surface area contributed by atoms with Gasteiger partial charge in [-0.1, -0.05) is 6.07 Å². The van der Waals surface area contributed by atoms with E-state index in [2.05, 4.69) is 10.4 Å². The number of ether oxygens (including phenoxy) is 1. The Labute approximate surface area is 141 Å². The van der Waals surface area contributed by atoms with Crippen LogP contribution in [0.15, 0.2) is 54.7 Å². The van der Waals surface area contributed by atoms with Crippen molar-refractivity contribution in [2.24, 2.45) is 0 Å². The first-order valence-corrected chi connectivity index (χ1v) is 7.23. The number of nitrogens with one attached hydrogen (secondary N) is 1. The van der Waals surface area contributed by atoms with Crippen molar-refractivity contribution < 1.29 is 23.4 Å². The predicted octanol–water partition coefficient (Wildman–Crippen LogP) is 3.16. The van der Waals surface area contributed by atoms with Gasteiger partial charge >= 0.3 is 0 Å². The number of carbonyl (C=O) groups excluding carboxylic acids is 1. The number of aromatic hydroxyl groups is 1. The molecule has 3 rings (SSSR count). The summed E-state index contributed by atoms with van der Waals surface area (Å²) in [6.45, 7) is -0.151. The first-order chi connectivity index (χ1) is 12.0. The van der Waals surface area contributed by atoms with E-state index in [1.165, 1.54) is 35.1 Å². The summed E-state index contributed by atoms with van der Waals surface area (Å²) in [6.07, 6.45) is 1.48. The maximum atomic E-state index is 13.5. The fourth-order valence-electron chi connectivity index (χ4n) is 2.06. The van der Waals surface area contributed by atoms with Crippen molar-refractivity contribution in [3.8, 4) is 11.5 Å². The highest BCUT2D eigenvalue weighted by Gasteiger charge is 2.11. The van der Waals surface area contributed by atoms with Gasteiger partial charge in [0.25, 0.3) is 5.91 Å². The van der Waals surface area contributed by atoms with Gasteiger partial charge in [0.05, 0.1) is 0 Å². The minimum absolute atomic E-state index is 0.0260. The van der Waals surface area contributed by atoms with Crippen LogP contribution in [0, 0.1) is 11.6 Å². The minimum atomic E-state index is -0.825. The third kappa shape index (κ3) is 4.11. The molecule has 8 heteroatoms. The van der Waals surface area contributed by atoms with Gasteiger partial charge in [-0.15, -0.1) is 0 Å². The molecular weight excluding hydrogens is 332 g/mol. The van der Waals surface area contributed by atoms with E-state index < -0.39 is 17.5 Å². The molecule has 3 aromatic rings. The summed E-state index contributed by atoms with van der Waals surface area (Å²) >= 11 is 0. The maximum absolute atomic E-state index is 13.5. The molecule has 0 atom stereocenters. The lowest BCUT2D eigenvalue weighted by Gasteiger charge is -2.07. The molecule has 6 nitrogen and oxygen atoms in total. The molecule has 0 fully saturated rings. The molecule has 0 saturated carbocycles. The highest BCUT2D eigenvalue weighted by atomic mass is 19.1. The molecule has 0 saturated heterocycles. The normalized spacial score (nSPS) is 10.5. The molecule has 25 heavy (non-hydrogen) atoms. The van der Waals surface area contributed by atoms with Crippen LogP contribution >= 0.6 is 0 Å². The van der Waals surface area contributed by atoms with E-state index in [-0.39, 0.29) is 23.9 Å². The highest BCUT2D eigenvalue weighted by molar-refractivity contribution is 6.02. The first kappa shape index (κ1) is 16.4. The van der Waals surface area contributed by atoms with Gasteiger partial charge in [-0.05, 0) is 30.3 Å². The number of hydrogen-bond donors (Lipinski definition) is 2. The number of benzene rings is 2. The standard InChI is InChI=1S/C17H13F2N3O3/c18-11-4-5-16(14(19)8-11)25-10-22-7-6-15(21-22)17(24)20-12-2-1-3-13(23)9-12/h1-9,23H,10H2,(H,20,24). The second-order valence-corrected chi connectivity index (χ2v) is 5.09. The summed E-state index contributed by atoms with van der Waals surface area (Å²) < 4.78 is 32.8. The molecule has 0 aliphatic heterocycles. The number of phenolic OH excluding ortho intramolecular Hbond substituents is 1. The van der Waals surface area contributed by atoms with E-state index in [1.807, 2.05) is 0 Å². The van der Waals surface area contributed by atoms with Crippen LogP contribution in [-0.4, -0.2) is 20.8 Å². The fourth-order valence-corrected chi connectivity index (χ4v) is 2.06. The van der Waals surface area contributed by atoms with Crippen molar-refractivity contribution >= 4 is 11.6 Å². The van der Waals surface area contributed by atoms with Gasteiger partial charge in [0.15, 0.2) is 24.0 Å². The van der Waals surface area contributed by atoms with Crippen LogP contribution in [0.2, 0.25) is 0 Å². The molecule has 2 N–H and O–H groups in total. The van der Waals surface area contributed by atoms with Crippen LogP contribution in [0.4, 0.5) is 14.5 Å². The topological polar surface area (TPSA) is 76.4 Å². The van der Waals surface area contributed by atoms with Gasteiger partial charge in [0.2, 0.25) is 0 Å². The largest absolute Gasteiger partial charge is 0.508 e. The average Bonchev–Trinajstić information content (AvgIpc) is 3.03. The molecule has 0 bridgehead atoms. The molecule has 0 unspecified atom stereocenters. The monoisotopic (exact) mass is 345 g/mol. The Morgan fingerprint density at radius 1 is 1.20 bits per heavy atom. The van der Waals surface area contributed by atoms with Crippen molar-refractivity contribution in [2.75, 3.05) is 5.32 Å². The van der Waals surface area contributed by atoms with E-state index in [9.17, 15) is 18.7 Å². The lowest BCUT2D eigenvalue weighted by molar-refractivity contribution is 0.102. The third-order valence-corrected chi connectivity index (χ3v) is 3.22. The molecular formula is C17H13F2N3O3. The molecule has 0 aliphatic rings. The smallest absolute Gasteiger partial charge is 0.276 e. The second kappa shape index (κ2) is 7.00. The lowest BCUT2D eigenvalue weighted by Crippen LogP contribution is -2.14. The Bertz CT molecular complexity index is 912. The third-order valence-electron chi connectivity index (χ3n) is 3.22. The molecule has 1 aromatic heterocycles. The van der Waals surface area contributed by atoms with E-state index in [4.69, 9.17) is 4.74 Å². The Morgan fingerprint density at radius 2 is 2.04 bits per heavy atom. The van der Waals surface area contributed by atoms with E-state index in [0.717, 1.165) is 6.07 Å². The van der Waals surface area contributed by atoms with E-state index in [1.54, 1.807) is 12.1 Å². The van der Waals surface area contributed by atoms with Gasteiger partial charge in [-0.2, -0.15) is 5.10 Å². The summed E-state index contributed by atoms with van der Waals surface area (Å²) in [6, 6.07) is 10.5. The van der Waals surface area contributed by atoms with Crippen molar-refractivity contribution in [1.82, 2.24) is 9.78 Å². The number of rotatable bonds is 5. The molecule has 0 spiro atoms. The fraction of sp³-hybridized carbons (Fsp3) is 0.0588. The van der Waals surface area contributed by atoms with Crippen molar-refractivity contribution in [3.63, 3.8) is 0 Å². The number of halogens is 2. The number of carbonyl (C=O) groups is 1. The number of phenols is 1. The predicted molar refractivity (Wildman–Crippen MR) is 85.3 cm³/mol. The zero-order valence-corrected chi connectivity index (χ0v) is 12.8. The second-order valence-electron chi connectivity index (χ2n) is 5.09. The van der Waals surface area contributed by atoms with Crippen LogP contribution in [0.3, 0.4) is 0 Å². The van der Waals surface area contributed by atoms with Gasteiger partial charge in [-0.3, -0.25) is 4.79 Å². The Morgan fingerprint density at radius 3 is 2.80 bits per heavy atom. The highest BCUT2D eigenvalue weighted by Crippen LogP contribution is 2.18. The summed E-state index contributed by atoms with van der Waals surface area (Å²) in [5.74, 6) is -2.10. The number of nitrogens with zero attached hydrogens (tertiary/aromatic N) is 2. The Kier molecular flexibility index (Phi) is 4.60. The number of amides is 1. The van der Waals surface area contributed by atoms with Crippen molar-refractivity contribution in [2.45, 2.75) is 6.73 Å². The van der Waals surface area contributed by atoms with Crippen molar-refractivity contribution in [1.29, 1.82) is 0 Å². The zero-order chi connectivity index (χ0) is 17.8. The number of anilines is 1. The van der Waals surface area contributed by atoms with Gasteiger partial charge in [0.1, 0.15) is 11.6 Å². The molecule has 1 amide bonds. The van der Waals surface area contributed by atoms with Crippen LogP contribution < -0.4 is 10.1 Å². The molecule has 0 aliphatic carbocycles. The first-order valence-electron chi connectivity index (χ1n) is 7.23. The zero-order valence-electron chi connectivity index (χ0n) is 12.8. The van der Waals surface area contributed by atoms with Crippen LogP contribution in [-0.2, 0) is 6.73 Å². The van der Waals surface area contributed by atoms with Crippen LogP contribution in [0.1, 0.15) is 10.5 Å². The lowest BCUT2D eigenvalue weighted by atomic mass is 10.3. The van der Waals surface area contributed by atoms with Gasteiger partial charge < -0.3 is 15.2 Å². The Balaban J connectivity index is 1.62. The van der Waals surface area contributed by atoms with E-state index >= 15 is 0 Å². The summed E-state index contributed by atoms with van der Waals surface area (Å²) in [4.78, 5) is 12.1. The minimum Gasteiger partial charge on any atom is -0.508 e. The quantitative estimate of drug-likeness (QED) is 0.745. The molecule has 1 heterocycles. The van der Waals surface area contributed by atoms with Crippen LogP contribution in [0.5, 0.6) is 11.5 Å². The molecule has 0 radical (unpaired) electrons. The summed E-state index contributed by atoms with van der Waals surface area (Å²) in [7, 11) is 0. The average molecular weight is 345 g/mol. The van der Waals surface area contributed by atoms with Crippen molar-refractivity contribution in [3.05, 3.63) is 72.1 Å². The number of aromatic nitrogens is 2. The number of hydrogen-bond acceptors (Lipinski definition) is 4. The van der Waals surface area contributed by atoms with Gasteiger partial charge in [-0.25, -0.2) is 13.5 Å². The SMILES string of the molecule is O=C(Nc1cccc(O)c1)c1ccn(COc2ccc(F)cc2F)n1. The van der Waals surface area contributed by atoms with Crippen LogP contribution in [0.25, 0.3) is 0 Å². The molecule has 2 aromatic carbocycles. The summed E-state index contributed by atoms with van der Waals surface area (Å²) in [5.41, 5.74) is 0.538. The summed E-state index contributed by atoms with van der Waals surface area (Å²) in [5, 5.41) is 16.0. The van der Waals surface area contributed by atoms with E-state index in [0.29, 0.717) is 11.8 Å².